The van der Waals surface area contributed by atoms with E-state index in [9.17, 15) is 14.4 Å². The zero-order valence-electron chi connectivity index (χ0n) is 15.7. The van der Waals surface area contributed by atoms with Crippen molar-refractivity contribution in [2.75, 3.05) is 32.1 Å². The number of ketones is 2. The SMILES string of the molecule is CN(CC(=O)Nc1ccc2c(c1)C(=O)c1ccccc1C2=O)CC1CCCO1. The highest BCUT2D eigenvalue weighted by Crippen LogP contribution is 2.29. The number of nitrogens with one attached hydrogen (secondary N) is 1. The number of fused-ring (bicyclic) bond motifs is 2. The van der Waals surface area contributed by atoms with E-state index in [1.54, 1.807) is 42.5 Å². The summed E-state index contributed by atoms with van der Waals surface area (Å²) in [5.41, 5.74) is 2.04. The first-order valence-electron chi connectivity index (χ1n) is 9.45. The third-order valence-electron chi connectivity index (χ3n) is 5.16. The number of benzene rings is 2. The van der Waals surface area contributed by atoms with E-state index in [1.165, 1.54) is 0 Å². The molecule has 0 spiro atoms. The molecule has 2 aliphatic rings. The number of likely N-dealkylation sites (N-methyl/N-ethyl adjacent to an activating group) is 1. The predicted octanol–water partition coefficient (Wildman–Crippen LogP) is 2.51. The van der Waals surface area contributed by atoms with Crippen LogP contribution < -0.4 is 5.32 Å². The zero-order valence-corrected chi connectivity index (χ0v) is 15.7. The van der Waals surface area contributed by atoms with Crippen LogP contribution in [-0.2, 0) is 9.53 Å². The lowest BCUT2D eigenvalue weighted by Gasteiger charge is -2.20. The first kappa shape index (κ1) is 18.5. The summed E-state index contributed by atoms with van der Waals surface area (Å²) in [6, 6.07) is 11.7. The molecule has 1 saturated heterocycles. The molecular formula is C22H22N2O4. The van der Waals surface area contributed by atoms with Crippen molar-refractivity contribution in [2.45, 2.75) is 18.9 Å². The first-order valence-corrected chi connectivity index (χ1v) is 9.45. The number of ether oxygens (including phenoxy) is 1. The van der Waals surface area contributed by atoms with Gasteiger partial charge in [0.1, 0.15) is 0 Å². The number of carbonyl (C=O) groups is 3. The van der Waals surface area contributed by atoms with Gasteiger partial charge in [0, 0.05) is 41.1 Å². The van der Waals surface area contributed by atoms with E-state index in [4.69, 9.17) is 4.74 Å². The van der Waals surface area contributed by atoms with Crippen molar-refractivity contribution in [1.29, 1.82) is 0 Å². The maximum absolute atomic E-state index is 12.8. The molecule has 1 aliphatic heterocycles. The van der Waals surface area contributed by atoms with Crippen LogP contribution in [0.25, 0.3) is 0 Å². The van der Waals surface area contributed by atoms with E-state index in [0.29, 0.717) is 34.5 Å². The van der Waals surface area contributed by atoms with Gasteiger partial charge in [0.05, 0.1) is 12.6 Å². The average molecular weight is 378 g/mol. The average Bonchev–Trinajstić information content (AvgIpc) is 3.18. The van der Waals surface area contributed by atoms with Crippen LogP contribution in [0.5, 0.6) is 0 Å². The highest BCUT2D eigenvalue weighted by Gasteiger charge is 2.29. The Morgan fingerprint density at radius 2 is 1.75 bits per heavy atom. The molecule has 0 bridgehead atoms. The molecule has 1 fully saturated rings. The lowest BCUT2D eigenvalue weighted by Crippen LogP contribution is -2.35. The third-order valence-corrected chi connectivity index (χ3v) is 5.16. The molecule has 2 aromatic carbocycles. The van der Waals surface area contributed by atoms with E-state index in [0.717, 1.165) is 19.4 Å². The molecule has 0 aromatic heterocycles. The van der Waals surface area contributed by atoms with Crippen LogP contribution in [0.4, 0.5) is 5.69 Å². The molecular weight excluding hydrogens is 356 g/mol. The van der Waals surface area contributed by atoms with Crippen LogP contribution in [0.15, 0.2) is 42.5 Å². The zero-order chi connectivity index (χ0) is 19.7. The van der Waals surface area contributed by atoms with Gasteiger partial charge in [-0.15, -0.1) is 0 Å². The quantitative estimate of drug-likeness (QED) is 0.738. The third kappa shape index (κ3) is 3.61. The molecule has 1 atom stereocenters. The summed E-state index contributed by atoms with van der Waals surface area (Å²) in [6.45, 7) is 1.73. The highest BCUT2D eigenvalue weighted by atomic mass is 16.5. The molecule has 1 N–H and O–H groups in total. The van der Waals surface area contributed by atoms with Gasteiger partial charge >= 0.3 is 0 Å². The van der Waals surface area contributed by atoms with E-state index in [1.807, 2.05) is 11.9 Å². The van der Waals surface area contributed by atoms with Crippen LogP contribution in [0, 0.1) is 0 Å². The fourth-order valence-electron chi connectivity index (χ4n) is 3.82. The molecule has 144 valence electrons. The molecule has 0 saturated carbocycles. The largest absolute Gasteiger partial charge is 0.377 e. The van der Waals surface area contributed by atoms with Crippen molar-refractivity contribution in [3.8, 4) is 0 Å². The molecule has 6 heteroatoms. The molecule has 1 unspecified atom stereocenters. The standard InChI is InChI=1S/C22H22N2O4/c1-24(12-15-5-4-10-28-15)13-20(25)23-14-8-9-18-19(11-14)22(27)17-7-3-2-6-16(17)21(18)26/h2-3,6-9,11,15H,4-5,10,12-13H2,1H3,(H,23,25). The van der Waals surface area contributed by atoms with Gasteiger partial charge in [-0.1, -0.05) is 24.3 Å². The summed E-state index contributed by atoms with van der Waals surface area (Å²) in [7, 11) is 1.88. The molecule has 2 aromatic rings. The molecule has 28 heavy (non-hydrogen) atoms. The first-order chi connectivity index (χ1) is 13.5. The normalized spacial score (nSPS) is 18.1. The number of amides is 1. The summed E-state index contributed by atoms with van der Waals surface area (Å²) < 4.78 is 5.59. The minimum atomic E-state index is -0.197. The van der Waals surface area contributed by atoms with Crippen LogP contribution in [-0.4, -0.2) is 55.2 Å². The van der Waals surface area contributed by atoms with Crippen molar-refractivity contribution in [1.82, 2.24) is 4.90 Å². The van der Waals surface area contributed by atoms with Crippen LogP contribution in [0.1, 0.15) is 44.7 Å². The second kappa shape index (κ2) is 7.66. The van der Waals surface area contributed by atoms with E-state index in [-0.39, 0.29) is 30.1 Å². The minimum Gasteiger partial charge on any atom is -0.377 e. The number of anilines is 1. The minimum absolute atomic E-state index is 0.167. The molecule has 6 nitrogen and oxygen atoms in total. The topological polar surface area (TPSA) is 75.7 Å². The second-order valence-corrected chi connectivity index (χ2v) is 7.34. The van der Waals surface area contributed by atoms with Gasteiger partial charge in [0.25, 0.3) is 0 Å². The Balaban J connectivity index is 1.46. The van der Waals surface area contributed by atoms with Crippen LogP contribution in [0.2, 0.25) is 0 Å². The fraction of sp³-hybridized carbons (Fsp3) is 0.318. The molecule has 1 heterocycles. The van der Waals surface area contributed by atoms with Gasteiger partial charge < -0.3 is 10.1 Å². The number of carbonyl (C=O) groups excluding carboxylic acids is 3. The van der Waals surface area contributed by atoms with Crippen molar-refractivity contribution < 1.29 is 19.1 Å². The smallest absolute Gasteiger partial charge is 0.238 e. The number of rotatable bonds is 5. The van der Waals surface area contributed by atoms with E-state index < -0.39 is 0 Å². The Kier molecular flexibility index (Phi) is 5.07. The van der Waals surface area contributed by atoms with Gasteiger partial charge in [-0.2, -0.15) is 0 Å². The molecule has 1 amide bonds. The van der Waals surface area contributed by atoms with Gasteiger partial charge in [-0.25, -0.2) is 0 Å². The lowest BCUT2D eigenvalue weighted by atomic mass is 9.84. The molecule has 0 radical (unpaired) electrons. The van der Waals surface area contributed by atoms with Crippen molar-refractivity contribution in [3.63, 3.8) is 0 Å². The summed E-state index contributed by atoms with van der Waals surface area (Å²) >= 11 is 0. The fourth-order valence-corrected chi connectivity index (χ4v) is 3.82. The highest BCUT2D eigenvalue weighted by molar-refractivity contribution is 6.28. The molecule has 4 rings (SSSR count). The Labute approximate surface area is 163 Å². The number of hydrogen-bond donors (Lipinski definition) is 1. The van der Waals surface area contributed by atoms with Gasteiger partial charge in [0.2, 0.25) is 5.91 Å². The summed E-state index contributed by atoms with van der Waals surface area (Å²) in [4.78, 5) is 39.7. The monoisotopic (exact) mass is 378 g/mol. The van der Waals surface area contributed by atoms with Crippen molar-refractivity contribution >= 4 is 23.2 Å². The van der Waals surface area contributed by atoms with Gasteiger partial charge in [-0.05, 0) is 38.1 Å². The lowest BCUT2D eigenvalue weighted by molar-refractivity contribution is -0.117. The van der Waals surface area contributed by atoms with E-state index in [2.05, 4.69) is 5.32 Å². The predicted molar refractivity (Wildman–Crippen MR) is 105 cm³/mol. The molecule has 1 aliphatic carbocycles. The van der Waals surface area contributed by atoms with Crippen molar-refractivity contribution in [2.24, 2.45) is 0 Å². The van der Waals surface area contributed by atoms with Crippen molar-refractivity contribution in [3.05, 3.63) is 64.7 Å². The Bertz CT molecular complexity index is 947. The van der Waals surface area contributed by atoms with Gasteiger partial charge in [-0.3, -0.25) is 19.3 Å². The summed E-state index contributed by atoms with van der Waals surface area (Å²) in [6.07, 6.45) is 2.27. The van der Waals surface area contributed by atoms with Crippen LogP contribution >= 0.6 is 0 Å². The van der Waals surface area contributed by atoms with Gasteiger partial charge in [0.15, 0.2) is 11.6 Å². The maximum atomic E-state index is 12.8. The number of nitrogens with zero attached hydrogens (tertiary/aromatic N) is 1. The Hall–Kier alpha value is -2.83. The Morgan fingerprint density at radius 1 is 1.07 bits per heavy atom. The van der Waals surface area contributed by atoms with E-state index >= 15 is 0 Å². The second-order valence-electron chi connectivity index (χ2n) is 7.34. The summed E-state index contributed by atoms with van der Waals surface area (Å²) in [5.74, 6) is -0.536. The Morgan fingerprint density at radius 3 is 2.43 bits per heavy atom. The maximum Gasteiger partial charge on any atom is 0.238 e. The summed E-state index contributed by atoms with van der Waals surface area (Å²) in [5, 5.41) is 2.82. The number of hydrogen-bond acceptors (Lipinski definition) is 5. The van der Waals surface area contributed by atoms with Crippen LogP contribution in [0.3, 0.4) is 0 Å².